The second-order valence-corrected chi connectivity index (χ2v) is 9.41. The number of halogens is 5. The fraction of sp³-hybridized carbons (Fsp3) is 0.385. The minimum Gasteiger partial charge on any atom is -0.416 e. The lowest BCUT2D eigenvalue weighted by Gasteiger charge is -2.26. The molecule has 1 saturated carbocycles. The molecule has 15 heteroatoms. The number of fused-ring (bicyclic) bond motifs is 1. The van der Waals surface area contributed by atoms with Crippen molar-refractivity contribution >= 4 is 11.9 Å². The van der Waals surface area contributed by atoms with Gasteiger partial charge in [-0.25, -0.2) is 19.6 Å². The Morgan fingerprint density at radius 3 is 2.63 bits per heavy atom. The van der Waals surface area contributed by atoms with Crippen molar-refractivity contribution in [2.75, 3.05) is 4.90 Å². The number of aromatic nitrogens is 7. The second-order valence-electron chi connectivity index (χ2n) is 9.41. The highest BCUT2D eigenvalue weighted by atomic mass is 19.4. The summed E-state index contributed by atoms with van der Waals surface area (Å²) in [5.41, 5.74) is -0.436. The van der Waals surface area contributed by atoms with Crippen molar-refractivity contribution in [2.24, 2.45) is 0 Å². The number of aryl methyl sites for hydroxylation is 2. The van der Waals surface area contributed by atoms with Gasteiger partial charge in [0, 0.05) is 37.4 Å². The number of alkyl halides is 5. The van der Waals surface area contributed by atoms with E-state index in [0.717, 1.165) is 19.2 Å². The number of hydrogen-bond donors (Lipinski definition) is 0. The minimum absolute atomic E-state index is 0.000897. The van der Waals surface area contributed by atoms with Gasteiger partial charge in [0.1, 0.15) is 17.7 Å². The third-order valence-electron chi connectivity index (χ3n) is 6.63. The van der Waals surface area contributed by atoms with Gasteiger partial charge in [-0.2, -0.15) is 26.9 Å². The lowest BCUT2D eigenvalue weighted by atomic mass is 10.1. The number of nitrogens with zero attached hydrogens (tertiary/aromatic N) is 8. The summed E-state index contributed by atoms with van der Waals surface area (Å²) < 4.78 is 112. The molecule has 0 unspecified atom stereocenters. The molecule has 214 valence electrons. The van der Waals surface area contributed by atoms with Crippen LogP contribution in [0.5, 0.6) is 5.88 Å². The van der Waals surface area contributed by atoms with Crippen LogP contribution in [0.2, 0.25) is 0 Å². The molecular weight excluding hydrogens is 551 g/mol. The Bertz CT molecular complexity index is 1790. The largest absolute Gasteiger partial charge is 0.434 e. The van der Waals surface area contributed by atoms with Crippen LogP contribution in [0.1, 0.15) is 55.8 Å². The Balaban J connectivity index is 1.32. The van der Waals surface area contributed by atoms with E-state index in [-0.39, 0.29) is 54.2 Å². The van der Waals surface area contributed by atoms with Gasteiger partial charge < -0.3 is 9.30 Å². The molecule has 1 aromatic carbocycles. The molecule has 41 heavy (non-hydrogen) atoms. The molecular formula is C26H23F5N8O2. The predicted molar refractivity (Wildman–Crippen MR) is 134 cm³/mol. The summed E-state index contributed by atoms with van der Waals surface area (Å²) in [5.74, 6) is -1.18. The molecule has 1 fully saturated rings. The summed E-state index contributed by atoms with van der Waals surface area (Å²) in [6, 6.07) is 5.57. The number of hydrogen-bond acceptors (Lipinski definition) is 7. The average molecular weight is 580 g/mol. The molecule has 0 atom stereocenters. The second kappa shape index (κ2) is 10.2. The Kier molecular flexibility index (Phi) is 5.31. The molecule has 10 nitrogen and oxygen atoms in total. The molecule has 0 N–H and O–H groups in total. The van der Waals surface area contributed by atoms with Crippen molar-refractivity contribution in [3.8, 4) is 28.7 Å². The smallest absolute Gasteiger partial charge is 0.416 e. The fourth-order valence-corrected chi connectivity index (χ4v) is 4.58. The monoisotopic (exact) mass is 579 g/mol. The normalized spacial score (nSPS) is 18.0. The van der Waals surface area contributed by atoms with Gasteiger partial charge in [-0.05, 0) is 25.3 Å². The van der Waals surface area contributed by atoms with Crippen LogP contribution < -0.4 is 9.64 Å². The van der Waals surface area contributed by atoms with E-state index in [2.05, 4.69) is 29.8 Å². The fourth-order valence-electron chi connectivity index (χ4n) is 4.58. The van der Waals surface area contributed by atoms with Crippen molar-refractivity contribution in [1.82, 2.24) is 34.3 Å². The summed E-state index contributed by atoms with van der Waals surface area (Å²) in [6.45, 7) is -9.61. The van der Waals surface area contributed by atoms with Crippen LogP contribution in [0, 0.1) is 0 Å². The van der Waals surface area contributed by atoms with Gasteiger partial charge in [0.25, 0.3) is 0 Å². The molecule has 1 aliphatic carbocycles. The van der Waals surface area contributed by atoms with Crippen LogP contribution in [0.25, 0.3) is 22.8 Å². The summed E-state index contributed by atoms with van der Waals surface area (Å²) in [4.78, 5) is 30.4. The van der Waals surface area contributed by atoms with E-state index in [9.17, 15) is 26.7 Å². The van der Waals surface area contributed by atoms with Gasteiger partial charge in [0.2, 0.25) is 17.7 Å². The Labute approximate surface area is 236 Å². The average Bonchev–Trinajstić information content (AvgIpc) is 3.55. The maximum atomic E-state index is 13.5. The van der Waals surface area contributed by atoms with Gasteiger partial charge in [-0.1, -0.05) is 24.3 Å². The van der Waals surface area contributed by atoms with E-state index in [1.807, 2.05) is 0 Å². The first-order chi connectivity index (χ1) is 21.5. The van der Waals surface area contributed by atoms with E-state index >= 15 is 0 Å². The van der Waals surface area contributed by atoms with Crippen LogP contribution in [0.15, 0.2) is 36.8 Å². The van der Waals surface area contributed by atoms with Gasteiger partial charge in [0.05, 0.1) is 18.8 Å². The molecule has 1 aliphatic heterocycles. The SMILES string of the molecule is [2H]C([2H])([2H])C([2H])([2H])n1cc(C(F)(F)F)nc1-c1ccc(CN2C(=O)CCn3nc(-c4c(OC(F)F)ncnc4C4CC4)nc32)cc1. The highest BCUT2D eigenvalue weighted by Crippen LogP contribution is 2.45. The van der Waals surface area contributed by atoms with Crippen LogP contribution in [-0.2, 0) is 30.6 Å². The van der Waals surface area contributed by atoms with Crippen LogP contribution in [0.4, 0.5) is 27.9 Å². The molecule has 4 heterocycles. The zero-order valence-corrected chi connectivity index (χ0v) is 20.9. The van der Waals surface area contributed by atoms with Crippen molar-refractivity contribution in [2.45, 2.75) is 64.4 Å². The lowest BCUT2D eigenvalue weighted by molar-refractivity contribution is -0.140. The lowest BCUT2D eigenvalue weighted by Crippen LogP contribution is -2.37. The molecule has 1 amide bonds. The number of anilines is 1. The summed E-state index contributed by atoms with van der Waals surface area (Å²) >= 11 is 0. The molecule has 4 aromatic rings. The van der Waals surface area contributed by atoms with E-state index < -0.39 is 43.5 Å². The third kappa shape index (κ3) is 5.23. The van der Waals surface area contributed by atoms with Gasteiger partial charge in [-0.3, -0.25) is 9.69 Å². The molecule has 2 aliphatic rings. The number of imidazole rings is 1. The van der Waals surface area contributed by atoms with Gasteiger partial charge >= 0.3 is 12.8 Å². The number of benzene rings is 1. The first kappa shape index (κ1) is 21.3. The number of carbonyl (C=O) groups is 1. The highest BCUT2D eigenvalue weighted by molar-refractivity contribution is 5.93. The van der Waals surface area contributed by atoms with Crippen LogP contribution >= 0.6 is 0 Å². The molecule has 0 saturated heterocycles. The first-order valence-corrected chi connectivity index (χ1v) is 12.4. The molecule has 6 rings (SSSR count). The number of ether oxygens (including phenoxy) is 1. The zero-order chi connectivity index (χ0) is 33.2. The standard InChI is InChI=1S/C26H23F5N8O2/c1-2-37-12-17(26(29,30)31)34-22(37)16-5-3-14(4-6-16)11-38-18(40)9-10-39-25(38)35-21(36-39)19-20(15-7-8-15)32-13-33-23(19)41-24(27)28/h3-6,12-13,15,24H,2,7-11H2,1H3/i1D3,2D2. The number of rotatable bonds is 8. The predicted octanol–water partition coefficient (Wildman–Crippen LogP) is 5.05. The zero-order valence-electron chi connectivity index (χ0n) is 25.9. The molecule has 0 bridgehead atoms. The molecule has 0 radical (unpaired) electrons. The van der Waals surface area contributed by atoms with Gasteiger partial charge in [-0.15, -0.1) is 5.10 Å². The van der Waals surface area contributed by atoms with Gasteiger partial charge in [0.15, 0.2) is 11.5 Å². The van der Waals surface area contributed by atoms with Crippen molar-refractivity contribution in [3.63, 3.8) is 0 Å². The minimum atomic E-state index is -4.97. The van der Waals surface area contributed by atoms with Crippen molar-refractivity contribution in [3.05, 3.63) is 53.7 Å². The number of carbonyl (C=O) groups excluding carboxylic acids is 1. The highest BCUT2D eigenvalue weighted by Gasteiger charge is 2.36. The summed E-state index contributed by atoms with van der Waals surface area (Å²) in [5, 5.41) is 4.44. The maximum absolute atomic E-state index is 13.5. The Hall–Kier alpha value is -4.43. The van der Waals surface area contributed by atoms with E-state index in [0.29, 0.717) is 22.0 Å². The molecule has 0 spiro atoms. The van der Waals surface area contributed by atoms with E-state index in [1.165, 1.54) is 33.8 Å². The topological polar surface area (TPSA) is 104 Å². The maximum Gasteiger partial charge on any atom is 0.434 e. The van der Waals surface area contributed by atoms with E-state index in [1.54, 1.807) is 0 Å². The van der Waals surface area contributed by atoms with Crippen LogP contribution in [0.3, 0.4) is 0 Å². The molecule has 3 aromatic heterocycles. The summed E-state index contributed by atoms with van der Waals surface area (Å²) in [7, 11) is 0. The van der Waals surface area contributed by atoms with Crippen molar-refractivity contribution in [1.29, 1.82) is 0 Å². The third-order valence-corrected chi connectivity index (χ3v) is 6.63. The van der Waals surface area contributed by atoms with E-state index in [4.69, 9.17) is 6.85 Å². The van der Waals surface area contributed by atoms with Crippen molar-refractivity contribution < 1.29 is 38.3 Å². The Morgan fingerprint density at radius 2 is 1.95 bits per heavy atom. The van der Waals surface area contributed by atoms with Crippen LogP contribution in [-0.4, -0.2) is 46.8 Å². The summed E-state index contributed by atoms with van der Waals surface area (Å²) in [6.07, 6.45) is -1.92. The quantitative estimate of drug-likeness (QED) is 0.269. The Morgan fingerprint density at radius 1 is 1.17 bits per heavy atom. The first-order valence-electron chi connectivity index (χ1n) is 14.9. The number of amides is 1.